The van der Waals surface area contributed by atoms with E-state index >= 15 is 0 Å². The Morgan fingerprint density at radius 2 is 2.00 bits per heavy atom. The lowest BCUT2D eigenvalue weighted by Crippen LogP contribution is -2.21. The standard InChI is InChI=1S/C12H14O5/c13-7-11(15)8-17-12(16)6-3-9-1-4-10(14)5-2-9/h1-6,11,13-15H,7-8H2/b6-3+. The molecular formula is C12H14O5. The highest BCUT2D eigenvalue weighted by atomic mass is 16.5. The van der Waals surface area contributed by atoms with E-state index in [0.717, 1.165) is 5.56 Å². The molecule has 0 fully saturated rings. The van der Waals surface area contributed by atoms with Crippen molar-refractivity contribution in [2.75, 3.05) is 13.2 Å². The average Bonchev–Trinajstić information content (AvgIpc) is 2.35. The maximum Gasteiger partial charge on any atom is 0.330 e. The number of aliphatic hydroxyl groups excluding tert-OH is 2. The first-order valence-corrected chi connectivity index (χ1v) is 5.04. The zero-order chi connectivity index (χ0) is 12.7. The molecule has 0 heterocycles. The van der Waals surface area contributed by atoms with E-state index in [0.29, 0.717) is 0 Å². The van der Waals surface area contributed by atoms with Crippen LogP contribution in [0.5, 0.6) is 5.75 Å². The molecule has 0 aromatic heterocycles. The van der Waals surface area contributed by atoms with Gasteiger partial charge in [-0.25, -0.2) is 4.79 Å². The third-order valence-corrected chi connectivity index (χ3v) is 1.93. The minimum atomic E-state index is -1.05. The van der Waals surface area contributed by atoms with Gasteiger partial charge in [-0.2, -0.15) is 0 Å². The number of ether oxygens (including phenoxy) is 1. The Labute approximate surface area is 98.6 Å². The number of carbonyl (C=O) groups is 1. The topological polar surface area (TPSA) is 87.0 Å². The van der Waals surface area contributed by atoms with Gasteiger partial charge in [-0.1, -0.05) is 12.1 Å². The van der Waals surface area contributed by atoms with Gasteiger partial charge in [-0.15, -0.1) is 0 Å². The van der Waals surface area contributed by atoms with Crippen LogP contribution < -0.4 is 0 Å². The second-order valence-corrected chi connectivity index (χ2v) is 3.39. The number of aromatic hydroxyl groups is 1. The number of rotatable bonds is 5. The van der Waals surface area contributed by atoms with Crippen LogP contribution in [0.4, 0.5) is 0 Å². The Hall–Kier alpha value is -1.85. The molecule has 0 aliphatic carbocycles. The van der Waals surface area contributed by atoms with Crippen LogP contribution in [0.2, 0.25) is 0 Å². The van der Waals surface area contributed by atoms with Gasteiger partial charge in [0.15, 0.2) is 0 Å². The number of benzene rings is 1. The second kappa shape index (κ2) is 6.67. The average molecular weight is 238 g/mol. The highest BCUT2D eigenvalue weighted by Crippen LogP contribution is 2.10. The van der Waals surface area contributed by atoms with E-state index < -0.39 is 18.7 Å². The van der Waals surface area contributed by atoms with Crippen molar-refractivity contribution in [2.24, 2.45) is 0 Å². The van der Waals surface area contributed by atoms with Gasteiger partial charge < -0.3 is 20.1 Å². The van der Waals surface area contributed by atoms with Gasteiger partial charge in [0.05, 0.1) is 6.61 Å². The van der Waals surface area contributed by atoms with Crippen LogP contribution in [0.1, 0.15) is 5.56 Å². The van der Waals surface area contributed by atoms with Crippen molar-refractivity contribution < 1.29 is 24.9 Å². The number of hydrogen-bond acceptors (Lipinski definition) is 5. The minimum Gasteiger partial charge on any atom is -0.508 e. The summed E-state index contributed by atoms with van der Waals surface area (Å²) in [6, 6.07) is 6.28. The van der Waals surface area contributed by atoms with E-state index in [1.807, 2.05) is 0 Å². The Bertz CT molecular complexity index is 382. The van der Waals surface area contributed by atoms with Crippen molar-refractivity contribution in [3.63, 3.8) is 0 Å². The Kier molecular flexibility index (Phi) is 5.19. The van der Waals surface area contributed by atoms with Crippen molar-refractivity contribution in [1.82, 2.24) is 0 Å². The lowest BCUT2D eigenvalue weighted by Gasteiger charge is -2.05. The molecule has 5 nitrogen and oxygen atoms in total. The number of phenolic OH excluding ortho intramolecular Hbond substituents is 1. The minimum absolute atomic E-state index is 0.149. The number of esters is 1. The van der Waals surface area contributed by atoms with E-state index in [1.54, 1.807) is 12.1 Å². The van der Waals surface area contributed by atoms with Crippen LogP contribution in [0.25, 0.3) is 6.08 Å². The predicted octanol–water partition coefficient (Wildman–Crippen LogP) is 0.302. The maximum absolute atomic E-state index is 11.2. The fraction of sp³-hybridized carbons (Fsp3) is 0.250. The van der Waals surface area contributed by atoms with Crippen LogP contribution in [-0.4, -0.2) is 40.6 Å². The molecule has 1 rings (SSSR count). The van der Waals surface area contributed by atoms with Crippen molar-refractivity contribution in [2.45, 2.75) is 6.10 Å². The molecule has 0 amide bonds. The smallest absolute Gasteiger partial charge is 0.330 e. The summed E-state index contributed by atoms with van der Waals surface area (Å²) >= 11 is 0. The summed E-state index contributed by atoms with van der Waals surface area (Å²) in [5, 5.41) is 26.5. The van der Waals surface area contributed by atoms with E-state index in [9.17, 15) is 4.79 Å². The van der Waals surface area contributed by atoms with Crippen LogP contribution >= 0.6 is 0 Å². The quantitative estimate of drug-likeness (QED) is 0.507. The molecule has 1 unspecified atom stereocenters. The van der Waals surface area contributed by atoms with Crippen LogP contribution in [-0.2, 0) is 9.53 Å². The summed E-state index contributed by atoms with van der Waals surface area (Å²) in [4.78, 5) is 11.2. The SMILES string of the molecule is O=C(/C=C/c1ccc(O)cc1)OCC(O)CO. The monoisotopic (exact) mass is 238 g/mol. The molecule has 17 heavy (non-hydrogen) atoms. The first kappa shape index (κ1) is 13.2. The van der Waals surface area contributed by atoms with Gasteiger partial charge in [0.25, 0.3) is 0 Å². The Morgan fingerprint density at radius 1 is 1.35 bits per heavy atom. The second-order valence-electron chi connectivity index (χ2n) is 3.39. The molecule has 5 heteroatoms. The van der Waals surface area contributed by atoms with Crippen LogP contribution in [0, 0.1) is 0 Å². The number of carbonyl (C=O) groups excluding carboxylic acids is 1. The number of aliphatic hydroxyl groups is 2. The summed E-state index contributed by atoms with van der Waals surface area (Å²) in [6.45, 7) is -0.690. The van der Waals surface area contributed by atoms with Gasteiger partial charge in [0.1, 0.15) is 18.5 Å². The molecule has 0 bridgehead atoms. The van der Waals surface area contributed by atoms with Crippen LogP contribution in [0.15, 0.2) is 30.3 Å². The molecule has 0 saturated carbocycles. The molecule has 1 atom stereocenters. The zero-order valence-corrected chi connectivity index (χ0v) is 9.11. The summed E-state index contributed by atoms with van der Waals surface area (Å²) in [5.74, 6) is -0.457. The molecule has 0 aliphatic heterocycles. The molecule has 3 N–H and O–H groups in total. The molecule has 0 saturated heterocycles. The fourth-order valence-electron chi connectivity index (χ4n) is 1.03. The fourth-order valence-corrected chi connectivity index (χ4v) is 1.03. The van der Waals surface area contributed by atoms with Crippen molar-refractivity contribution in [1.29, 1.82) is 0 Å². The van der Waals surface area contributed by atoms with Gasteiger partial charge in [-0.05, 0) is 23.8 Å². The van der Waals surface area contributed by atoms with Crippen LogP contribution in [0.3, 0.4) is 0 Å². The largest absolute Gasteiger partial charge is 0.508 e. The highest BCUT2D eigenvalue weighted by Gasteiger charge is 2.04. The first-order chi connectivity index (χ1) is 8.11. The lowest BCUT2D eigenvalue weighted by atomic mass is 10.2. The Morgan fingerprint density at radius 3 is 2.59 bits per heavy atom. The predicted molar refractivity (Wildman–Crippen MR) is 61.2 cm³/mol. The molecule has 0 spiro atoms. The third-order valence-electron chi connectivity index (χ3n) is 1.93. The summed E-state index contributed by atoms with van der Waals surface area (Å²) < 4.78 is 4.66. The molecular weight excluding hydrogens is 224 g/mol. The molecule has 0 radical (unpaired) electrons. The van der Waals surface area contributed by atoms with Gasteiger partial charge in [-0.3, -0.25) is 0 Å². The van der Waals surface area contributed by atoms with E-state index in [1.165, 1.54) is 24.3 Å². The van der Waals surface area contributed by atoms with E-state index in [4.69, 9.17) is 15.3 Å². The first-order valence-electron chi connectivity index (χ1n) is 5.04. The highest BCUT2D eigenvalue weighted by molar-refractivity contribution is 5.87. The number of phenols is 1. The summed E-state index contributed by atoms with van der Waals surface area (Å²) in [5.41, 5.74) is 0.738. The normalized spacial score (nSPS) is 12.6. The molecule has 0 aliphatic rings. The molecule has 1 aromatic carbocycles. The van der Waals surface area contributed by atoms with E-state index in [2.05, 4.69) is 4.74 Å². The molecule has 1 aromatic rings. The van der Waals surface area contributed by atoms with Crippen molar-refractivity contribution in [3.05, 3.63) is 35.9 Å². The molecule has 92 valence electrons. The zero-order valence-electron chi connectivity index (χ0n) is 9.11. The van der Waals surface area contributed by atoms with Gasteiger partial charge in [0.2, 0.25) is 0 Å². The lowest BCUT2D eigenvalue weighted by molar-refractivity contribution is -0.141. The van der Waals surface area contributed by atoms with Crippen molar-refractivity contribution >= 4 is 12.0 Å². The third kappa shape index (κ3) is 5.14. The van der Waals surface area contributed by atoms with E-state index in [-0.39, 0.29) is 12.4 Å². The van der Waals surface area contributed by atoms with Gasteiger partial charge >= 0.3 is 5.97 Å². The number of hydrogen-bond donors (Lipinski definition) is 3. The summed E-state index contributed by atoms with van der Waals surface area (Å²) in [7, 11) is 0. The summed E-state index contributed by atoms with van der Waals surface area (Å²) in [6.07, 6.45) is 1.67. The van der Waals surface area contributed by atoms with Crippen molar-refractivity contribution in [3.8, 4) is 5.75 Å². The van der Waals surface area contributed by atoms with Gasteiger partial charge in [0, 0.05) is 6.08 Å². The Balaban J connectivity index is 2.42. The maximum atomic E-state index is 11.2.